The van der Waals surface area contributed by atoms with Crippen LogP contribution in [0.15, 0.2) is 83.0 Å². The van der Waals surface area contributed by atoms with Crippen LogP contribution in [0, 0.1) is 0 Å². The highest BCUT2D eigenvalue weighted by Gasteiger charge is 2.13. The van der Waals surface area contributed by atoms with E-state index in [0.717, 1.165) is 28.2 Å². The van der Waals surface area contributed by atoms with E-state index in [1.165, 1.54) is 0 Å². The summed E-state index contributed by atoms with van der Waals surface area (Å²) in [5.41, 5.74) is 4.74. The first-order chi connectivity index (χ1) is 13.1. The molecule has 0 saturated heterocycles. The number of nitrogens with zero attached hydrogens (tertiary/aromatic N) is 4. The molecule has 2 aromatic heterocycles. The molecule has 27 heavy (non-hydrogen) atoms. The van der Waals surface area contributed by atoms with Crippen molar-refractivity contribution in [3.8, 4) is 22.5 Å². The molecule has 4 rings (SSSR count). The summed E-state index contributed by atoms with van der Waals surface area (Å²) in [5, 5.41) is 0. The van der Waals surface area contributed by atoms with E-state index in [1.807, 2.05) is 66.9 Å². The van der Waals surface area contributed by atoms with Crippen LogP contribution in [0.25, 0.3) is 22.5 Å². The summed E-state index contributed by atoms with van der Waals surface area (Å²) >= 11 is 0. The first kappa shape index (κ1) is 16.8. The fourth-order valence-corrected chi connectivity index (χ4v) is 3.08. The number of aromatic amines is 1. The number of imidazole rings is 1. The van der Waals surface area contributed by atoms with Gasteiger partial charge in [-0.15, -0.1) is 0 Å². The Morgan fingerprint density at radius 3 is 2.33 bits per heavy atom. The van der Waals surface area contributed by atoms with Crippen LogP contribution in [0.3, 0.4) is 0 Å². The summed E-state index contributed by atoms with van der Waals surface area (Å²) in [6, 6.07) is 19.4. The molecule has 0 aliphatic carbocycles. The van der Waals surface area contributed by atoms with Gasteiger partial charge in [0.05, 0.1) is 23.4 Å². The molecule has 0 atom stereocenters. The Hall–Kier alpha value is -3.67. The van der Waals surface area contributed by atoms with E-state index < -0.39 is 0 Å². The Morgan fingerprint density at radius 2 is 1.63 bits per heavy atom. The molecule has 0 aliphatic heterocycles. The van der Waals surface area contributed by atoms with E-state index in [-0.39, 0.29) is 5.69 Å². The molecule has 0 amide bonds. The van der Waals surface area contributed by atoms with Crippen LogP contribution in [-0.2, 0) is 14.1 Å². The second-order valence-corrected chi connectivity index (χ2v) is 6.24. The minimum absolute atomic E-state index is 0.140. The van der Waals surface area contributed by atoms with Crippen molar-refractivity contribution in [1.82, 2.24) is 19.1 Å². The van der Waals surface area contributed by atoms with Crippen molar-refractivity contribution < 1.29 is 0 Å². The normalized spacial score (nSPS) is 11.7. The lowest BCUT2D eigenvalue weighted by Crippen LogP contribution is -2.37. The van der Waals surface area contributed by atoms with Gasteiger partial charge >= 0.3 is 5.69 Å². The highest BCUT2D eigenvalue weighted by molar-refractivity contribution is 5.79. The van der Waals surface area contributed by atoms with Gasteiger partial charge in [0, 0.05) is 37.5 Å². The molecule has 134 valence electrons. The molecule has 2 heterocycles. The molecule has 0 radical (unpaired) electrons. The molecule has 6 heteroatoms. The average molecular weight is 357 g/mol. The molecule has 0 bridgehead atoms. The number of hydrogen-bond donors (Lipinski definition) is 1. The van der Waals surface area contributed by atoms with Gasteiger partial charge in [0.15, 0.2) is 0 Å². The number of benzene rings is 2. The van der Waals surface area contributed by atoms with Gasteiger partial charge in [0.1, 0.15) is 5.49 Å². The van der Waals surface area contributed by atoms with Crippen LogP contribution < -0.4 is 11.2 Å². The van der Waals surface area contributed by atoms with Crippen molar-refractivity contribution in [3.63, 3.8) is 0 Å². The van der Waals surface area contributed by atoms with Gasteiger partial charge in [-0.1, -0.05) is 42.5 Å². The molecular formula is C21H19N5O. The molecule has 4 aromatic rings. The van der Waals surface area contributed by atoms with Crippen LogP contribution in [0.4, 0.5) is 5.69 Å². The van der Waals surface area contributed by atoms with E-state index in [4.69, 9.17) is 0 Å². The third-order valence-electron chi connectivity index (χ3n) is 4.52. The van der Waals surface area contributed by atoms with Gasteiger partial charge in [-0.05, 0) is 12.1 Å². The molecule has 0 fully saturated rings. The predicted octanol–water partition coefficient (Wildman–Crippen LogP) is 3.01. The Bertz CT molecular complexity index is 1200. The van der Waals surface area contributed by atoms with E-state index in [0.29, 0.717) is 5.49 Å². The lowest BCUT2D eigenvalue weighted by atomic mass is 10.0. The maximum absolute atomic E-state index is 12.8. The zero-order chi connectivity index (χ0) is 18.8. The number of H-pyrrole nitrogens is 1. The molecular weight excluding hydrogens is 338 g/mol. The van der Waals surface area contributed by atoms with E-state index >= 15 is 0 Å². The summed E-state index contributed by atoms with van der Waals surface area (Å²) in [4.78, 5) is 24.8. The molecule has 0 aliphatic rings. The summed E-state index contributed by atoms with van der Waals surface area (Å²) in [7, 11) is 3.50. The second-order valence-electron chi connectivity index (χ2n) is 6.24. The largest absolute Gasteiger partial charge is 0.351 e. The van der Waals surface area contributed by atoms with E-state index in [9.17, 15) is 4.79 Å². The summed E-state index contributed by atoms with van der Waals surface area (Å²) < 4.78 is 3.18. The van der Waals surface area contributed by atoms with Crippen molar-refractivity contribution in [2.75, 3.05) is 0 Å². The number of para-hydroxylation sites is 1. The molecule has 0 saturated carbocycles. The number of hydrogen-bond acceptors (Lipinski definition) is 3. The molecule has 1 N–H and O–H groups in total. The smallest absolute Gasteiger partial charge is 0.329 e. The first-order valence-corrected chi connectivity index (χ1v) is 8.60. The quantitative estimate of drug-likeness (QED) is 0.612. The van der Waals surface area contributed by atoms with Crippen molar-refractivity contribution in [2.45, 2.75) is 0 Å². The number of nitrogens with one attached hydrogen (secondary N) is 1. The van der Waals surface area contributed by atoms with Crippen molar-refractivity contribution in [3.05, 3.63) is 89.2 Å². The maximum atomic E-state index is 12.8. The molecule has 6 nitrogen and oxygen atoms in total. The van der Waals surface area contributed by atoms with E-state index in [2.05, 4.69) is 15.0 Å². The molecule has 0 spiro atoms. The van der Waals surface area contributed by atoms with Crippen LogP contribution in [-0.4, -0.2) is 19.1 Å². The molecule has 0 unspecified atom stereocenters. The summed E-state index contributed by atoms with van der Waals surface area (Å²) in [5.74, 6) is 0. The van der Waals surface area contributed by atoms with Crippen LogP contribution in [0.2, 0.25) is 0 Å². The van der Waals surface area contributed by atoms with Crippen LogP contribution >= 0.6 is 0 Å². The Balaban J connectivity index is 1.99. The monoisotopic (exact) mass is 357 g/mol. The van der Waals surface area contributed by atoms with Gasteiger partial charge in [-0.25, -0.2) is 14.8 Å². The first-order valence-electron chi connectivity index (χ1n) is 8.60. The number of rotatable bonds is 3. The fraction of sp³-hybridized carbons (Fsp3) is 0.0952. The lowest BCUT2D eigenvalue weighted by Gasteiger charge is -2.14. The van der Waals surface area contributed by atoms with Gasteiger partial charge in [0.25, 0.3) is 0 Å². The topological polar surface area (TPSA) is 68.0 Å². The molecule has 2 aromatic carbocycles. The minimum Gasteiger partial charge on any atom is -0.351 e. The highest BCUT2D eigenvalue weighted by Crippen LogP contribution is 2.29. The van der Waals surface area contributed by atoms with Gasteiger partial charge in [-0.2, -0.15) is 0 Å². The Kier molecular flexibility index (Phi) is 4.30. The van der Waals surface area contributed by atoms with Crippen LogP contribution in [0.5, 0.6) is 0 Å². The SMILES string of the molecule is Cn1c(-c2ccccc2-c2c[nH]cn2)c/c(=N/c2ccccc2)n(C)c1=O. The predicted molar refractivity (Wildman–Crippen MR) is 105 cm³/mol. The Labute approximate surface area is 156 Å². The number of aromatic nitrogens is 4. The van der Waals surface area contributed by atoms with Crippen LogP contribution in [0.1, 0.15) is 0 Å². The minimum atomic E-state index is -0.140. The summed E-state index contributed by atoms with van der Waals surface area (Å²) in [6.45, 7) is 0. The standard InChI is InChI=1S/C21H19N5O/c1-25-19(17-11-7-6-10-16(17)18-13-22-14-23-18)12-20(26(2)21(25)27)24-15-8-4-3-5-9-15/h3-14H,1-2H3,(H,22,23)/b24-20-. The van der Waals surface area contributed by atoms with Crippen molar-refractivity contribution in [1.29, 1.82) is 0 Å². The third-order valence-corrected chi connectivity index (χ3v) is 4.52. The maximum Gasteiger partial charge on any atom is 0.329 e. The fourth-order valence-electron chi connectivity index (χ4n) is 3.08. The van der Waals surface area contributed by atoms with Gasteiger partial charge in [-0.3, -0.25) is 9.13 Å². The summed E-state index contributed by atoms with van der Waals surface area (Å²) in [6.07, 6.45) is 3.49. The second kappa shape index (κ2) is 6.92. The lowest BCUT2D eigenvalue weighted by molar-refractivity contribution is 0.681. The van der Waals surface area contributed by atoms with E-state index in [1.54, 1.807) is 29.6 Å². The highest BCUT2D eigenvalue weighted by atomic mass is 16.1. The van der Waals surface area contributed by atoms with Crippen molar-refractivity contribution >= 4 is 5.69 Å². The van der Waals surface area contributed by atoms with Gasteiger partial charge < -0.3 is 4.98 Å². The average Bonchev–Trinajstić information content (AvgIpc) is 3.24. The third kappa shape index (κ3) is 3.13. The van der Waals surface area contributed by atoms with Crippen molar-refractivity contribution in [2.24, 2.45) is 19.1 Å². The Morgan fingerprint density at radius 1 is 0.926 bits per heavy atom. The zero-order valence-electron chi connectivity index (χ0n) is 15.1. The zero-order valence-corrected chi connectivity index (χ0v) is 15.1. The van der Waals surface area contributed by atoms with Gasteiger partial charge in [0.2, 0.25) is 0 Å².